The minimum atomic E-state index is 0.279. The zero-order chi connectivity index (χ0) is 13.4. The Labute approximate surface area is 111 Å². The predicted molar refractivity (Wildman–Crippen MR) is 77.0 cm³/mol. The second kappa shape index (κ2) is 8.04. The van der Waals surface area contributed by atoms with Gasteiger partial charge in [0.25, 0.3) is 0 Å². The van der Waals surface area contributed by atoms with E-state index in [0.717, 1.165) is 25.9 Å². The topological polar surface area (TPSA) is 29.1 Å². The number of carbonyl (C=O) groups excluding carboxylic acids is 1. The number of carbonyl (C=O) groups is 1. The van der Waals surface area contributed by atoms with Gasteiger partial charge in [-0.1, -0.05) is 38.1 Å². The third-order valence-corrected chi connectivity index (χ3v) is 3.12. The van der Waals surface area contributed by atoms with Crippen LogP contribution < -0.4 is 5.32 Å². The van der Waals surface area contributed by atoms with E-state index in [1.807, 2.05) is 0 Å². The Bertz CT molecular complexity index is 354. The van der Waals surface area contributed by atoms with Gasteiger partial charge in [-0.05, 0) is 49.9 Å². The van der Waals surface area contributed by atoms with Crippen LogP contribution in [0, 0.1) is 0 Å². The molecule has 0 saturated carbocycles. The van der Waals surface area contributed by atoms with Crippen LogP contribution in [0.5, 0.6) is 0 Å². The average Bonchev–Trinajstić information content (AvgIpc) is 2.34. The van der Waals surface area contributed by atoms with E-state index < -0.39 is 0 Å². The molecule has 0 aliphatic rings. The van der Waals surface area contributed by atoms with Gasteiger partial charge in [0.1, 0.15) is 5.78 Å². The molecule has 100 valence electrons. The first-order chi connectivity index (χ1) is 8.59. The molecular formula is C16H25NO. The summed E-state index contributed by atoms with van der Waals surface area (Å²) in [7, 11) is 0. The summed E-state index contributed by atoms with van der Waals surface area (Å²) < 4.78 is 0. The Morgan fingerprint density at radius 1 is 1.17 bits per heavy atom. The lowest BCUT2D eigenvalue weighted by Gasteiger charge is -2.07. The molecule has 0 radical (unpaired) electrons. The van der Waals surface area contributed by atoms with E-state index in [4.69, 9.17) is 0 Å². The molecule has 18 heavy (non-hydrogen) atoms. The fourth-order valence-electron chi connectivity index (χ4n) is 1.89. The van der Waals surface area contributed by atoms with Crippen LogP contribution in [-0.4, -0.2) is 18.9 Å². The van der Waals surface area contributed by atoms with Crippen LogP contribution >= 0.6 is 0 Å². The van der Waals surface area contributed by atoms with Crippen molar-refractivity contribution in [2.75, 3.05) is 13.1 Å². The van der Waals surface area contributed by atoms with Crippen LogP contribution in [0.15, 0.2) is 24.3 Å². The minimum absolute atomic E-state index is 0.279. The molecule has 0 aliphatic carbocycles. The van der Waals surface area contributed by atoms with E-state index in [2.05, 4.69) is 43.4 Å². The maximum atomic E-state index is 10.8. The summed E-state index contributed by atoms with van der Waals surface area (Å²) in [6.45, 7) is 8.00. The molecule has 0 aromatic heterocycles. The van der Waals surface area contributed by atoms with Crippen LogP contribution in [0.3, 0.4) is 0 Å². The number of hydrogen-bond donors (Lipinski definition) is 1. The van der Waals surface area contributed by atoms with Gasteiger partial charge in [-0.2, -0.15) is 0 Å². The molecule has 1 N–H and O–H groups in total. The predicted octanol–water partition coefficient (Wildman–Crippen LogP) is 3.31. The lowest BCUT2D eigenvalue weighted by atomic mass is 10.0. The van der Waals surface area contributed by atoms with Crippen molar-refractivity contribution in [1.82, 2.24) is 5.32 Å². The van der Waals surface area contributed by atoms with E-state index in [1.54, 1.807) is 6.92 Å². The van der Waals surface area contributed by atoms with Crippen molar-refractivity contribution in [3.8, 4) is 0 Å². The Balaban J connectivity index is 2.17. The molecule has 0 aliphatic heterocycles. The average molecular weight is 247 g/mol. The highest BCUT2D eigenvalue weighted by Crippen LogP contribution is 2.14. The highest BCUT2D eigenvalue weighted by molar-refractivity contribution is 5.75. The highest BCUT2D eigenvalue weighted by Gasteiger charge is 1.99. The van der Waals surface area contributed by atoms with Crippen molar-refractivity contribution >= 4 is 5.78 Å². The van der Waals surface area contributed by atoms with Crippen molar-refractivity contribution in [3.63, 3.8) is 0 Å². The Morgan fingerprint density at radius 2 is 1.83 bits per heavy atom. The smallest absolute Gasteiger partial charge is 0.129 e. The van der Waals surface area contributed by atoms with Gasteiger partial charge in [-0.25, -0.2) is 0 Å². The lowest BCUT2D eigenvalue weighted by Crippen LogP contribution is -2.19. The number of rotatable bonds is 8. The van der Waals surface area contributed by atoms with E-state index >= 15 is 0 Å². The van der Waals surface area contributed by atoms with E-state index in [-0.39, 0.29) is 5.78 Å². The van der Waals surface area contributed by atoms with Gasteiger partial charge < -0.3 is 10.1 Å². The van der Waals surface area contributed by atoms with Gasteiger partial charge >= 0.3 is 0 Å². The number of ketones is 1. The summed E-state index contributed by atoms with van der Waals surface area (Å²) in [5, 5.41) is 3.37. The fourth-order valence-corrected chi connectivity index (χ4v) is 1.89. The van der Waals surface area contributed by atoms with E-state index in [1.165, 1.54) is 11.1 Å². The largest absolute Gasteiger partial charge is 0.316 e. The molecule has 2 nitrogen and oxygen atoms in total. The third-order valence-electron chi connectivity index (χ3n) is 3.12. The maximum absolute atomic E-state index is 10.8. The fraction of sp³-hybridized carbons (Fsp3) is 0.562. The summed E-state index contributed by atoms with van der Waals surface area (Å²) in [6.07, 6.45) is 2.69. The molecule has 1 aromatic rings. The number of benzene rings is 1. The maximum Gasteiger partial charge on any atom is 0.129 e. The lowest BCUT2D eigenvalue weighted by molar-refractivity contribution is -0.117. The Hall–Kier alpha value is -1.15. The number of Topliss-reactive ketones (excluding diaryl/α,β-unsaturated/α-hetero) is 1. The van der Waals surface area contributed by atoms with Crippen LogP contribution in [0.1, 0.15) is 50.7 Å². The normalized spacial score (nSPS) is 10.9. The second-order valence-electron chi connectivity index (χ2n) is 5.20. The Kier molecular flexibility index (Phi) is 6.66. The summed E-state index contributed by atoms with van der Waals surface area (Å²) in [5.41, 5.74) is 2.77. The van der Waals surface area contributed by atoms with Gasteiger partial charge in [0.2, 0.25) is 0 Å². The second-order valence-corrected chi connectivity index (χ2v) is 5.20. The molecule has 0 atom stereocenters. The zero-order valence-corrected chi connectivity index (χ0v) is 11.8. The highest BCUT2D eigenvalue weighted by atomic mass is 16.1. The van der Waals surface area contributed by atoms with Gasteiger partial charge in [-0.3, -0.25) is 0 Å². The molecule has 1 aromatic carbocycles. The van der Waals surface area contributed by atoms with Gasteiger partial charge in [-0.15, -0.1) is 0 Å². The molecule has 0 bridgehead atoms. The summed E-state index contributed by atoms with van der Waals surface area (Å²) in [4.78, 5) is 10.8. The van der Waals surface area contributed by atoms with Crippen LogP contribution in [-0.2, 0) is 11.2 Å². The first-order valence-electron chi connectivity index (χ1n) is 6.88. The molecule has 0 amide bonds. The monoisotopic (exact) mass is 247 g/mol. The molecular weight excluding hydrogens is 222 g/mol. The van der Waals surface area contributed by atoms with Crippen molar-refractivity contribution < 1.29 is 4.79 Å². The van der Waals surface area contributed by atoms with Crippen LogP contribution in [0.2, 0.25) is 0 Å². The summed E-state index contributed by atoms with van der Waals surface area (Å²) in [5.74, 6) is 0.879. The van der Waals surface area contributed by atoms with Gasteiger partial charge in [0, 0.05) is 6.42 Å². The van der Waals surface area contributed by atoms with Gasteiger partial charge in [0.05, 0.1) is 0 Å². The molecule has 0 unspecified atom stereocenters. The first-order valence-corrected chi connectivity index (χ1v) is 6.88. The van der Waals surface area contributed by atoms with Crippen molar-refractivity contribution in [2.45, 2.75) is 46.0 Å². The third kappa shape index (κ3) is 5.97. The quantitative estimate of drug-likeness (QED) is 0.714. The van der Waals surface area contributed by atoms with Gasteiger partial charge in [0.15, 0.2) is 0 Å². The molecule has 0 saturated heterocycles. The zero-order valence-electron chi connectivity index (χ0n) is 11.8. The summed E-state index contributed by atoms with van der Waals surface area (Å²) >= 11 is 0. The molecule has 0 fully saturated rings. The van der Waals surface area contributed by atoms with Crippen molar-refractivity contribution in [3.05, 3.63) is 35.4 Å². The van der Waals surface area contributed by atoms with E-state index in [9.17, 15) is 4.79 Å². The number of nitrogens with one attached hydrogen (secondary N) is 1. The molecule has 0 heterocycles. The van der Waals surface area contributed by atoms with Crippen LogP contribution in [0.4, 0.5) is 0 Å². The number of hydrogen-bond acceptors (Lipinski definition) is 2. The minimum Gasteiger partial charge on any atom is -0.316 e. The molecule has 0 spiro atoms. The summed E-state index contributed by atoms with van der Waals surface area (Å²) in [6, 6.07) is 8.87. The SMILES string of the molecule is CC(=O)CCCNCCc1ccc(C(C)C)cc1. The standard InChI is InChI=1S/C16H25NO/c1-13(2)16-8-6-15(7-9-16)10-12-17-11-4-5-14(3)18/h6-9,13,17H,4-5,10-12H2,1-3H3. The Morgan fingerprint density at radius 3 is 2.39 bits per heavy atom. The molecule has 1 rings (SSSR count). The van der Waals surface area contributed by atoms with E-state index in [0.29, 0.717) is 12.3 Å². The van der Waals surface area contributed by atoms with Crippen LogP contribution in [0.25, 0.3) is 0 Å². The first kappa shape index (κ1) is 14.9. The van der Waals surface area contributed by atoms with Crippen molar-refractivity contribution in [1.29, 1.82) is 0 Å². The van der Waals surface area contributed by atoms with Crippen molar-refractivity contribution in [2.24, 2.45) is 0 Å². The molecule has 2 heteroatoms.